The third-order valence-corrected chi connectivity index (χ3v) is 7.80. The van der Waals surface area contributed by atoms with Gasteiger partial charge < -0.3 is 20.2 Å². The fourth-order valence-corrected chi connectivity index (χ4v) is 5.95. The molecule has 1 atom stereocenters. The lowest BCUT2D eigenvalue weighted by Gasteiger charge is -2.28. The third kappa shape index (κ3) is 4.79. The molecule has 10 heteroatoms. The van der Waals surface area contributed by atoms with Crippen LogP contribution in [0.1, 0.15) is 30.0 Å². The average Bonchev–Trinajstić information content (AvgIpc) is 3.21. The van der Waals surface area contributed by atoms with Gasteiger partial charge in [-0.2, -0.15) is 4.98 Å². The molecule has 2 aromatic carbocycles. The normalized spacial score (nSPS) is 18.5. The summed E-state index contributed by atoms with van der Waals surface area (Å²) >= 11 is 6.63. The van der Waals surface area contributed by atoms with E-state index in [1.807, 2.05) is 48.5 Å². The summed E-state index contributed by atoms with van der Waals surface area (Å²) in [6.45, 7) is 4.23. The second-order valence-corrected chi connectivity index (χ2v) is 10.9. The number of halogens is 1. The third-order valence-electron chi connectivity index (χ3n) is 7.53. The van der Waals surface area contributed by atoms with Crippen molar-refractivity contribution in [1.82, 2.24) is 24.8 Å². The summed E-state index contributed by atoms with van der Waals surface area (Å²) in [7, 11) is 2.12. The molecule has 2 N–H and O–H groups in total. The molecule has 4 heterocycles. The molecule has 0 amide bonds. The molecular formula is C29H28ClN7O2. The molecule has 0 bridgehead atoms. The van der Waals surface area contributed by atoms with Gasteiger partial charge in [-0.25, -0.2) is 15.0 Å². The molecule has 2 aromatic heterocycles. The number of likely N-dealkylation sites (N-methyl/N-ethyl adjacent to an activating group) is 1. The van der Waals surface area contributed by atoms with Crippen LogP contribution >= 0.6 is 11.6 Å². The Bertz CT molecular complexity index is 1570. The van der Waals surface area contributed by atoms with Gasteiger partial charge in [-0.05, 0) is 53.9 Å². The Morgan fingerprint density at radius 3 is 2.77 bits per heavy atom. The number of anilines is 4. The predicted octanol–water partition coefficient (Wildman–Crippen LogP) is 5.20. The minimum Gasteiger partial charge on any atom is -0.481 e. The number of para-hydroxylation sites is 1. The van der Waals surface area contributed by atoms with Gasteiger partial charge in [0.1, 0.15) is 11.3 Å². The van der Waals surface area contributed by atoms with E-state index in [1.165, 1.54) is 17.5 Å². The van der Waals surface area contributed by atoms with Crippen LogP contribution in [-0.2, 0) is 23.2 Å². The zero-order chi connectivity index (χ0) is 27.1. The van der Waals surface area contributed by atoms with E-state index in [0.717, 1.165) is 47.6 Å². The van der Waals surface area contributed by atoms with Crippen molar-refractivity contribution in [2.45, 2.75) is 31.7 Å². The van der Waals surface area contributed by atoms with Crippen LogP contribution in [0.25, 0.3) is 11.1 Å². The number of benzene rings is 2. The van der Waals surface area contributed by atoms with Gasteiger partial charge in [0.05, 0.1) is 12.6 Å². The minimum atomic E-state index is -0.844. The second-order valence-electron chi connectivity index (χ2n) is 10.5. The average molecular weight is 542 g/mol. The number of aromatic nitrogens is 4. The first-order valence-corrected chi connectivity index (χ1v) is 13.2. The molecule has 4 aromatic rings. The van der Waals surface area contributed by atoms with E-state index in [-0.39, 0.29) is 6.42 Å². The Labute approximate surface area is 231 Å². The van der Waals surface area contributed by atoms with Crippen molar-refractivity contribution in [2.24, 2.45) is 0 Å². The van der Waals surface area contributed by atoms with Crippen molar-refractivity contribution in [2.75, 3.05) is 30.4 Å². The number of aliphatic carboxylic acids is 1. The number of rotatable bonds is 6. The van der Waals surface area contributed by atoms with E-state index in [4.69, 9.17) is 16.6 Å². The summed E-state index contributed by atoms with van der Waals surface area (Å²) in [6.07, 6.45) is 7.74. The lowest BCUT2D eigenvalue weighted by Crippen LogP contribution is -2.31. The molecule has 39 heavy (non-hydrogen) atoms. The van der Waals surface area contributed by atoms with E-state index >= 15 is 0 Å². The number of fused-ring (bicyclic) bond motifs is 2. The highest BCUT2D eigenvalue weighted by atomic mass is 35.5. The van der Waals surface area contributed by atoms with Gasteiger partial charge in [0.25, 0.3) is 0 Å². The van der Waals surface area contributed by atoms with Crippen molar-refractivity contribution >= 4 is 40.7 Å². The van der Waals surface area contributed by atoms with Crippen LogP contribution in [0, 0.1) is 0 Å². The van der Waals surface area contributed by atoms with Crippen molar-refractivity contribution in [3.8, 4) is 11.1 Å². The first kappa shape index (κ1) is 25.2. The zero-order valence-corrected chi connectivity index (χ0v) is 22.5. The molecule has 1 unspecified atom stereocenters. The Kier molecular flexibility index (Phi) is 6.40. The van der Waals surface area contributed by atoms with E-state index in [2.05, 4.69) is 44.3 Å². The maximum atomic E-state index is 11.7. The van der Waals surface area contributed by atoms with Crippen LogP contribution in [0.15, 0.2) is 61.3 Å². The molecule has 0 saturated heterocycles. The Balaban J connectivity index is 1.37. The molecule has 0 aliphatic carbocycles. The maximum Gasteiger partial charge on any atom is 0.304 e. The summed E-state index contributed by atoms with van der Waals surface area (Å²) in [5.41, 5.74) is 6.73. The molecule has 0 saturated carbocycles. The Morgan fingerprint density at radius 2 is 1.97 bits per heavy atom. The summed E-state index contributed by atoms with van der Waals surface area (Å²) in [5.74, 6) is 0.0890. The number of nitrogens with one attached hydrogen (secondary N) is 1. The zero-order valence-electron chi connectivity index (χ0n) is 21.7. The number of hydrogen-bond donors (Lipinski definition) is 2. The molecule has 0 spiro atoms. The molecule has 0 radical (unpaired) electrons. The van der Waals surface area contributed by atoms with Gasteiger partial charge >= 0.3 is 5.97 Å². The number of carbonyl (C=O) groups is 1. The van der Waals surface area contributed by atoms with Gasteiger partial charge in [-0.15, -0.1) is 0 Å². The highest BCUT2D eigenvalue weighted by Gasteiger charge is 2.42. The standard InChI is InChI=1S/C29H28ClN7O2/c1-29(11-26(38)39)16-37(25-6-4-3-5-23(25)29)27-24(30)14-33-28(35-27)34-20-9-18-15-36(2)8-7-21(18)22(10-20)19-12-31-17-32-13-19/h3-6,9-10,12-14,17H,7-8,11,15-16H2,1-2H3,(H,38,39)(H,33,34,35). The van der Waals surface area contributed by atoms with E-state index < -0.39 is 11.4 Å². The van der Waals surface area contributed by atoms with Crippen molar-refractivity contribution in [3.63, 3.8) is 0 Å². The summed E-state index contributed by atoms with van der Waals surface area (Å²) in [4.78, 5) is 33.7. The predicted molar refractivity (Wildman–Crippen MR) is 151 cm³/mol. The first-order chi connectivity index (χ1) is 18.8. The molecule has 2 aliphatic rings. The van der Waals surface area contributed by atoms with Gasteiger partial charge in [0, 0.05) is 54.4 Å². The van der Waals surface area contributed by atoms with E-state index in [9.17, 15) is 9.90 Å². The van der Waals surface area contributed by atoms with Gasteiger partial charge in [0.2, 0.25) is 5.95 Å². The summed E-state index contributed by atoms with van der Waals surface area (Å²) < 4.78 is 0. The molecular weight excluding hydrogens is 514 g/mol. The molecule has 2 aliphatic heterocycles. The van der Waals surface area contributed by atoms with Crippen LogP contribution in [-0.4, -0.2) is 56.0 Å². The van der Waals surface area contributed by atoms with Crippen LogP contribution < -0.4 is 10.2 Å². The van der Waals surface area contributed by atoms with Crippen LogP contribution in [0.4, 0.5) is 23.1 Å². The molecule has 6 rings (SSSR count). The number of carboxylic acids is 1. The van der Waals surface area contributed by atoms with Crippen LogP contribution in [0.3, 0.4) is 0 Å². The minimum absolute atomic E-state index is 0.00384. The number of hydrogen-bond acceptors (Lipinski definition) is 8. The molecule has 9 nitrogen and oxygen atoms in total. The quantitative estimate of drug-likeness (QED) is 0.340. The van der Waals surface area contributed by atoms with Gasteiger partial charge in [-0.3, -0.25) is 4.79 Å². The second kappa shape index (κ2) is 9.91. The van der Waals surface area contributed by atoms with Crippen molar-refractivity contribution in [1.29, 1.82) is 0 Å². The maximum absolute atomic E-state index is 11.7. The fraction of sp³-hybridized carbons (Fsp3) is 0.276. The largest absolute Gasteiger partial charge is 0.481 e. The molecule has 0 fully saturated rings. The van der Waals surface area contributed by atoms with Crippen molar-refractivity contribution in [3.05, 3.63) is 83.0 Å². The summed E-state index contributed by atoms with van der Waals surface area (Å²) in [5, 5.41) is 13.4. The fourth-order valence-electron chi connectivity index (χ4n) is 5.76. The van der Waals surface area contributed by atoms with Gasteiger partial charge in [0.15, 0.2) is 5.82 Å². The highest BCUT2D eigenvalue weighted by Crippen LogP contribution is 2.47. The van der Waals surface area contributed by atoms with E-state index in [0.29, 0.717) is 23.3 Å². The Hall–Kier alpha value is -4.08. The lowest BCUT2D eigenvalue weighted by molar-refractivity contribution is -0.138. The Morgan fingerprint density at radius 1 is 1.18 bits per heavy atom. The first-order valence-electron chi connectivity index (χ1n) is 12.8. The smallest absolute Gasteiger partial charge is 0.304 e. The highest BCUT2D eigenvalue weighted by molar-refractivity contribution is 6.33. The topological polar surface area (TPSA) is 107 Å². The molecule has 198 valence electrons. The van der Waals surface area contributed by atoms with Crippen LogP contribution in [0.5, 0.6) is 0 Å². The number of carboxylic acid groups (broad SMARTS) is 1. The van der Waals surface area contributed by atoms with E-state index in [1.54, 1.807) is 6.20 Å². The SMILES string of the molecule is CN1CCc2c(cc(Nc3ncc(Cl)c(N4CC(C)(CC(=O)O)c5ccccc54)n3)cc2-c2cncnc2)C1. The van der Waals surface area contributed by atoms with Gasteiger partial charge in [-0.1, -0.05) is 36.7 Å². The monoisotopic (exact) mass is 541 g/mol. The number of nitrogens with zero attached hydrogens (tertiary/aromatic N) is 6. The lowest BCUT2D eigenvalue weighted by atomic mass is 9.81. The van der Waals surface area contributed by atoms with Crippen molar-refractivity contribution < 1.29 is 9.90 Å². The van der Waals surface area contributed by atoms with Crippen LogP contribution in [0.2, 0.25) is 5.02 Å². The summed E-state index contributed by atoms with van der Waals surface area (Å²) in [6, 6.07) is 12.1.